The zero-order chi connectivity index (χ0) is 90.6. The van der Waals surface area contributed by atoms with Crippen LogP contribution in [0.3, 0.4) is 0 Å². The maximum Gasteiger partial charge on any atom is 1.00 e. The number of benzene rings is 4. The second-order valence-electron chi connectivity index (χ2n) is 32.5. The summed E-state index contributed by atoms with van der Waals surface area (Å²) in [6.45, 7) is 21.2. The van der Waals surface area contributed by atoms with Gasteiger partial charge in [0, 0.05) is 160 Å². The van der Waals surface area contributed by atoms with Crippen LogP contribution in [0.1, 0.15) is 208 Å². The van der Waals surface area contributed by atoms with Crippen LogP contribution in [0.25, 0.3) is 22.3 Å². The van der Waals surface area contributed by atoms with E-state index in [0.717, 1.165) is 170 Å². The van der Waals surface area contributed by atoms with Crippen molar-refractivity contribution in [1.82, 2.24) is 40.4 Å². The van der Waals surface area contributed by atoms with E-state index in [2.05, 4.69) is 234 Å². The summed E-state index contributed by atoms with van der Waals surface area (Å²) >= 11 is 22.9. The van der Waals surface area contributed by atoms with Crippen LogP contribution in [-0.2, 0) is 47.6 Å². The van der Waals surface area contributed by atoms with Gasteiger partial charge >= 0.3 is 35.0 Å². The molecule has 0 spiro atoms. The predicted octanol–water partition coefficient (Wildman–Crippen LogP) is 21.3. The van der Waals surface area contributed by atoms with E-state index in [1.165, 1.54) is 141 Å². The molecule has 0 saturated carbocycles. The van der Waals surface area contributed by atoms with Gasteiger partial charge in [-0.3, -0.25) is 44.0 Å². The maximum atomic E-state index is 12.8. The average Bonchev–Trinajstić information content (AvgIpc) is 1.65. The van der Waals surface area contributed by atoms with Crippen LogP contribution in [0.15, 0.2) is 239 Å². The summed E-state index contributed by atoms with van der Waals surface area (Å²) in [7, 11) is 3.18. The first kappa shape index (κ1) is 104. The molecule has 1 atom stereocenters. The first-order valence-corrected chi connectivity index (χ1v) is 49.9. The van der Waals surface area contributed by atoms with Crippen LogP contribution in [0.4, 0.5) is 4.79 Å². The van der Waals surface area contributed by atoms with Crippen molar-refractivity contribution in [3.63, 3.8) is 0 Å². The molecule has 20 rings (SSSR count). The van der Waals surface area contributed by atoms with Crippen LogP contribution < -0.4 is 40.2 Å². The number of carbonyl (C=O) groups is 5. The van der Waals surface area contributed by atoms with Gasteiger partial charge in [-0.2, -0.15) is 0 Å². The first-order valence-electron chi connectivity index (χ1n) is 43.3. The summed E-state index contributed by atoms with van der Waals surface area (Å²) in [4.78, 5) is 85.2. The largest absolute Gasteiger partial charge is 1.00 e. The van der Waals surface area contributed by atoms with Crippen molar-refractivity contribution in [2.75, 3.05) is 66.5 Å². The number of rotatable bonds is 5. The molecule has 4 N–H and O–H groups in total. The fraction of sp³-hybridized carbons (Fsp3) is 0.305. The molecule has 0 bridgehead atoms. The molecule has 1 unspecified atom stereocenters. The van der Waals surface area contributed by atoms with E-state index in [-0.39, 0.29) is 58.2 Å². The molecular formula is C105H111Br2Cl2N8NaO8S4. The number of pyridine rings is 4. The number of piperidine rings is 4. The molecule has 16 nitrogen and oxygen atoms in total. The van der Waals surface area contributed by atoms with E-state index in [9.17, 15) is 24.0 Å². The van der Waals surface area contributed by atoms with Crippen LogP contribution >= 0.6 is 100 Å². The number of alkyl halides is 3. The van der Waals surface area contributed by atoms with Crippen molar-refractivity contribution in [3.8, 4) is 0 Å². The molecule has 4 aliphatic carbocycles. The molecule has 12 aromatic rings. The van der Waals surface area contributed by atoms with E-state index in [0.29, 0.717) is 25.7 Å². The minimum atomic E-state index is -0.873. The van der Waals surface area contributed by atoms with Crippen molar-refractivity contribution in [2.45, 2.75) is 141 Å². The molecular weight excluding hydrogens is 1880 g/mol. The monoisotopic (exact) mass is 1990 g/mol. The number of Topliss-reactive ketones (excluding diaryl/α,β-unsaturated/α-hetero) is 4. The number of ketones is 4. The molecule has 0 radical (unpaired) electrons. The fourth-order valence-corrected chi connectivity index (χ4v) is 21.4. The van der Waals surface area contributed by atoms with Crippen LogP contribution in [0, 0.1) is 34.6 Å². The number of aliphatic hydroxyl groups excluding tert-OH is 1. The van der Waals surface area contributed by atoms with E-state index >= 15 is 0 Å². The van der Waals surface area contributed by atoms with Crippen molar-refractivity contribution in [1.29, 1.82) is 0 Å². The molecule has 25 heteroatoms. The van der Waals surface area contributed by atoms with Crippen LogP contribution in [0.5, 0.6) is 0 Å². The number of aliphatic hydroxyl groups is 1. The van der Waals surface area contributed by atoms with Gasteiger partial charge in [0.25, 0.3) is 0 Å². The third-order valence-corrected chi connectivity index (χ3v) is 28.3. The number of thiophene rings is 4. The Kier molecular flexibility index (Phi) is 41.8. The molecule has 672 valence electrons. The average molecular weight is 2000 g/mol. The van der Waals surface area contributed by atoms with Gasteiger partial charge in [0.2, 0.25) is 0 Å². The second kappa shape index (κ2) is 52.4. The van der Waals surface area contributed by atoms with E-state index in [4.69, 9.17) is 28.3 Å². The Balaban J connectivity index is 0.000000160. The molecule has 8 aromatic heterocycles. The molecule has 4 saturated heterocycles. The van der Waals surface area contributed by atoms with Crippen molar-refractivity contribution >= 4 is 151 Å². The Hall–Kier alpha value is -8.31. The Morgan fingerprint density at radius 2 is 0.685 bits per heavy atom. The Morgan fingerprint density at radius 1 is 0.415 bits per heavy atom. The Bertz CT molecular complexity index is 5790. The van der Waals surface area contributed by atoms with Crippen molar-refractivity contribution < 1.29 is 68.8 Å². The first-order chi connectivity index (χ1) is 62.2. The zero-order valence-corrected chi connectivity index (χ0v) is 85.2. The third-order valence-electron chi connectivity index (χ3n) is 23.0. The van der Waals surface area contributed by atoms with Gasteiger partial charge in [0.05, 0.1) is 19.5 Å². The van der Waals surface area contributed by atoms with Crippen LogP contribution in [-0.4, -0.2) is 141 Å². The fourth-order valence-electron chi connectivity index (χ4n) is 17.2. The number of carbonyl (C=O) groups excluding carboxylic acids is 5. The molecule has 12 heterocycles. The summed E-state index contributed by atoms with van der Waals surface area (Å²) in [5, 5.41) is 23.9. The minimum absolute atomic E-state index is 0. The summed E-state index contributed by atoms with van der Waals surface area (Å²) < 4.78 is 4.14. The number of nitrogens with zero attached hydrogens (tertiary/aromatic N) is 6. The SMILES string of the molecule is CC(Cl)OC(=O)Cl.CN1CCC(=C2c3ccccc3CC(=O)c3sccc32)CC1.CO.Cc1cncc(C)c1.Cc1cncc(CBr)c1.Cc1cncc(CBr)c1.Cc1cncc(CN2CCC(=C3c4ccccc4CC(=O)c4sccc43)CC2)c1.O=C1Cc2ccccc2C(=C2CCNCC2)c2ccsc21.O=C1Cc2ccccc2C(=C2CCNCC2)c2ccsc21.[Na+].[OH-]. The van der Waals surface area contributed by atoms with Gasteiger partial charge in [-0.15, -0.1) is 45.3 Å². The predicted molar refractivity (Wildman–Crippen MR) is 538 cm³/mol. The topological polar surface area (TPSA) is 227 Å². The number of hydrogen-bond donors (Lipinski definition) is 3. The summed E-state index contributed by atoms with van der Waals surface area (Å²) in [5.74, 6) is 1.04. The third kappa shape index (κ3) is 28.4. The van der Waals surface area contributed by atoms with Gasteiger partial charge in [-0.25, -0.2) is 4.79 Å². The van der Waals surface area contributed by atoms with Gasteiger partial charge in [-0.1, -0.05) is 187 Å². The number of likely N-dealkylation sites (tertiary alicyclic amines) is 2. The quantitative estimate of drug-likeness (QED) is 0.0827. The van der Waals surface area contributed by atoms with Gasteiger partial charge < -0.3 is 30.9 Å². The van der Waals surface area contributed by atoms with Gasteiger partial charge in [0.15, 0.2) is 28.7 Å². The molecule has 4 fully saturated rings. The van der Waals surface area contributed by atoms with Crippen molar-refractivity contribution in [2.24, 2.45) is 0 Å². The molecule has 130 heavy (non-hydrogen) atoms. The Labute approximate surface area is 830 Å². The number of nitrogens with one attached hydrogen (secondary N) is 2. The smallest absolute Gasteiger partial charge is 0.870 e. The number of aryl methyl sites for hydroxylation is 5. The summed E-state index contributed by atoms with van der Waals surface area (Å²) in [6, 6.07) is 50.8. The van der Waals surface area contributed by atoms with Crippen LogP contribution in [0.2, 0.25) is 0 Å². The number of ether oxygens (including phenoxy) is 1. The van der Waals surface area contributed by atoms with E-state index < -0.39 is 11.0 Å². The number of halogens is 4. The molecule has 4 aliphatic heterocycles. The number of aromatic nitrogens is 4. The maximum absolute atomic E-state index is 12.8. The number of fused-ring (bicyclic) bond motifs is 8. The van der Waals surface area contributed by atoms with E-state index in [1.807, 2.05) is 102 Å². The van der Waals surface area contributed by atoms with Gasteiger partial charge in [0.1, 0.15) is 0 Å². The normalized spacial score (nSPS) is 15.5. The molecule has 0 amide bonds. The zero-order valence-electron chi connectivity index (χ0n) is 75.3. The number of hydrogen-bond acceptors (Lipinski definition) is 20. The van der Waals surface area contributed by atoms with Crippen molar-refractivity contribution in [3.05, 3.63) is 370 Å². The van der Waals surface area contributed by atoms with E-state index in [1.54, 1.807) is 45.3 Å². The molecule has 8 aliphatic rings. The molecule has 4 aromatic carbocycles. The standard InChI is InChI=1S/C25H24N2OS.C19H19NOS.2C18H17NOS.2C7H8BrN.C7H9N.C3H4Cl2O2.CH4O.Na.H2O/c1-17-12-18(15-26-14-17)16-27-9-6-19(7-10-27)24-21-5-3-2-4-20(21)13-23(28)25-22(24)8-11-29-25;1-20-9-6-13(7-10-20)18-15-5-3-2-4-14(15)12-17(21)19-16(18)8-11-22-19;2*20-16-11-13-3-1-2-4-14(13)17(12-5-8-19-9-6-12)15-7-10-21-18(15)16;2*1-6-2-7(3-8)5-9-4-6;1-6-3-7(2)5-8-4-6;1-2(4)7-3(5)6;1-2;;/h2-5,8,11-12,14-15H,6-7,9-10,13,16H2,1H3;2-5,8,11H,6-7,9-10,12H2,1H3;2*1-4,7,10,19H,5-6,8-9,11H2;2*2,4-5H,3H2,1H3;3-5H,1-2H3;2H,1H3;2H,1H3;;1H2/q;;;;;;;;;+1;/p-1. The Morgan fingerprint density at radius 3 is 0.946 bits per heavy atom. The second-order valence-corrected chi connectivity index (χ2v) is 38.2. The summed E-state index contributed by atoms with van der Waals surface area (Å²) in [6.07, 6.45) is 25.7. The van der Waals surface area contributed by atoms with Gasteiger partial charge in [-0.05, 0) is 283 Å². The minimum Gasteiger partial charge on any atom is -0.870 e. The summed E-state index contributed by atoms with van der Waals surface area (Å²) in [5.41, 5.74) is 34.0.